The third-order valence-corrected chi connectivity index (χ3v) is 5.14. The molecule has 2 atom stereocenters. The van der Waals surface area contributed by atoms with E-state index in [-0.39, 0.29) is 5.92 Å². The lowest BCUT2D eigenvalue weighted by Gasteiger charge is -2.24. The van der Waals surface area contributed by atoms with Gasteiger partial charge in [0.2, 0.25) is 0 Å². The maximum atomic E-state index is 13.2. The molecule has 0 unspecified atom stereocenters. The second kappa shape index (κ2) is 11.7. The largest absolute Gasteiger partial charge is 0.497 e. The van der Waals surface area contributed by atoms with Gasteiger partial charge in [0, 0.05) is 11.3 Å². The van der Waals surface area contributed by atoms with E-state index < -0.39 is 29.9 Å². The minimum absolute atomic E-state index is 0.302. The van der Waals surface area contributed by atoms with Crippen molar-refractivity contribution in [1.29, 1.82) is 0 Å². The molecule has 2 N–H and O–H groups in total. The number of nitrogens with one attached hydrogen (secondary N) is 2. The Hall–Kier alpha value is -4.13. The molecule has 7 nitrogen and oxygen atoms in total. The van der Waals surface area contributed by atoms with Crippen molar-refractivity contribution < 1.29 is 23.9 Å². The van der Waals surface area contributed by atoms with Gasteiger partial charge >= 0.3 is 5.97 Å². The van der Waals surface area contributed by atoms with E-state index in [4.69, 9.17) is 9.47 Å². The van der Waals surface area contributed by atoms with Gasteiger partial charge in [-0.25, -0.2) is 4.79 Å². The number of esters is 1. The summed E-state index contributed by atoms with van der Waals surface area (Å²) in [4.78, 5) is 38.9. The summed E-state index contributed by atoms with van der Waals surface area (Å²) in [6.07, 6.45) is -1.06. The summed E-state index contributed by atoms with van der Waals surface area (Å²) in [6, 6.07) is 23.1. The molecule has 0 heterocycles. The first-order valence-electron chi connectivity index (χ1n) is 11.0. The SMILES string of the molecule is COc1ccc(NC(=O)[C@@H](OC(=O)[C@H](NC(=O)c2ccccc2)c2ccccc2)C(C)C)cc1. The highest BCUT2D eigenvalue weighted by atomic mass is 16.5. The maximum absolute atomic E-state index is 13.2. The first kappa shape index (κ1) is 24.5. The van der Waals surface area contributed by atoms with Crippen molar-refractivity contribution in [3.8, 4) is 5.75 Å². The fraction of sp³-hybridized carbons (Fsp3) is 0.222. The molecular weight excluding hydrogens is 432 g/mol. The lowest BCUT2D eigenvalue weighted by Crippen LogP contribution is -2.41. The molecule has 0 aliphatic carbocycles. The van der Waals surface area contributed by atoms with Crippen LogP contribution in [0.4, 0.5) is 5.69 Å². The Morgan fingerprint density at radius 1 is 0.794 bits per heavy atom. The zero-order valence-electron chi connectivity index (χ0n) is 19.4. The van der Waals surface area contributed by atoms with Gasteiger partial charge in [0.25, 0.3) is 11.8 Å². The standard InChI is InChI=1S/C27H28N2O5/c1-18(2)24(26(31)28-21-14-16-22(33-3)17-15-21)34-27(32)23(19-10-6-4-7-11-19)29-25(30)20-12-8-5-9-13-20/h4-18,23-24H,1-3H3,(H,28,31)(H,29,30)/t23-,24+/m1/s1. The van der Waals surface area contributed by atoms with Gasteiger partial charge in [-0.1, -0.05) is 62.4 Å². The molecule has 2 amide bonds. The van der Waals surface area contributed by atoms with Crippen LogP contribution in [0.1, 0.15) is 35.8 Å². The maximum Gasteiger partial charge on any atom is 0.334 e. The molecule has 0 aliphatic rings. The van der Waals surface area contributed by atoms with E-state index in [2.05, 4.69) is 10.6 Å². The molecule has 0 spiro atoms. The summed E-state index contributed by atoms with van der Waals surface area (Å²) in [5.41, 5.74) is 1.51. The zero-order chi connectivity index (χ0) is 24.5. The molecule has 3 aromatic carbocycles. The highest BCUT2D eigenvalue weighted by molar-refractivity contribution is 5.98. The second-order valence-electron chi connectivity index (χ2n) is 8.00. The van der Waals surface area contributed by atoms with Crippen molar-refractivity contribution in [3.63, 3.8) is 0 Å². The van der Waals surface area contributed by atoms with Crippen molar-refractivity contribution in [2.75, 3.05) is 12.4 Å². The highest BCUT2D eigenvalue weighted by Gasteiger charge is 2.32. The molecule has 0 aliphatic heterocycles. The minimum atomic E-state index is -1.08. The van der Waals surface area contributed by atoms with Crippen LogP contribution in [0.2, 0.25) is 0 Å². The van der Waals surface area contributed by atoms with Crippen molar-refractivity contribution in [3.05, 3.63) is 96.1 Å². The van der Waals surface area contributed by atoms with Gasteiger partial charge in [0.15, 0.2) is 12.1 Å². The highest BCUT2D eigenvalue weighted by Crippen LogP contribution is 2.20. The van der Waals surface area contributed by atoms with Crippen LogP contribution < -0.4 is 15.4 Å². The van der Waals surface area contributed by atoms with Crippen LogP contribution >= 0.6 is 0 Å². The smallest absolute Gasteiger partial charge is 0.334 e. The fourth-order valence-corrected chi connectivity index (χ4v) is 3.30. The number of hydrogen-bond donors (Lipinski definition) is 2. The van der Waals surface area contributed by atoms with E-state index in [1.165, 1.54) is 0 Å². The van der Waals surface area contributed by atoms with Crippen molar-refractivity contribution >= 4 is 23.5 Å². The number of benzene rings is 3. The predicted octanol–water partition coefficient (Wildman–Crippen LogP) is 4.37. The Morgan fingerprint density at radius 2 is 1.38 bits per heavy atom. The Labute approximate surface area is 199 Å². The molecule has 3 aromatic rings. The van der Waals surface area contributed by atoms with Gasteiger partial charge in [-0.15, -0.1) is 0 Å². The molecule has 34 heavy (non-hydrogen) atoms. The molecule has 0 aromatic heterocycles. The van der Waals surface area contributed by atoms with E-state index in [9.17, 15) is 14.4 Å². The van der Waals surface area contributed by atoms with Gasteiger partial charge < -0.3 is 20.1 Å². The predicted molar refractivity (Wildman–Crippen MR) is 129 cm³/mol. The number of carbonyl (C=O) groups excluding carboxylic acids is 3. The Bertz CT molecular complexity index is 1100. The number of methoxy groups -OCH3 is 1. The van der Waals surface area contributed by atoms with Gasteiger partial charge in [0.05, 0.1) is 7.11 Å². The fourth-order valence-electron chi connectivity index (χ4n) is 3.30. The van der Waals surface area contributed by atoms with E-state index in [1.807, 2.05) is 6.07 Å². The van der Waals surface area contributed by atoms with Crippen LogP contribution in [-0.2, 0) is 14.3 Å². The van der Waals surface area contributed by atoms with Crippen molar-refractivity contribution in [2.24, 2.45) is 5.92 Å². The van der Waals surface area contributed by atoms with E-state index in [0.29, 0.717) is 22.6 Å². The Balaban J connectivity index is 1.78. The molecule has 0 fully saturated rings. The van der Waals surface area contributed by atoms with Crippen molar-refractivity contribution in [1.82, 2.24) is 5.32 Å². The van der Waals surface area contributed by atoms with Gasteiger partial charge in [0.1, 0.15) is 5.75 Å². The van der Waals surface area contributed by atoms with Gasteiger partial charge in [-0.05, 0) is 47.9 Å². The topological polar surface area (TPSA) is 93.7 Å². The average molecular weight is 461 g/mol. The number of amides is 2. The summed E-state index contributed by atoms with van der Waals surface area (Å²) in [5.74, 6) is -1.25. The third kappa shape index (κ3) is 6.45. The van der Waals surface area contributed by atoms with Crippen LogP contribution in [0, 0.1) is 5.92 Å². The van der Waals surface area contributed by atoms with Crippen LogP contribution in [0.5, 0.6) is 5.75 Å². The summed E-state index contributed by atoms with van der Waals surface area (Å²) in [7, 11) is 1.56. The number of ether oxygens (including phenoxy) is 2. The van der Waals surface area contributed by atoms with Crippen molar-refractivity contribution in [2.45, 2.75) is 26.0 Å². The van der Waals surface area contributed by atoms with E-state index >= 15 is 0 Å². The number of anilines is 1. The second-order valence-corrected chi connectivity index (χ2v) is 8.00. The molecule has 176 valence electrons. The van der Waals surface area contributed by atoms with E-state index in [0.717, 1.165) is 0 Å². The lowest BCUT2D eigenvalue weighted by atomic mass is 10.0. The van der Waals surface area contributed by atoms with Gasteiger partial charge in [-0.3, -0.25) is 9.59 Å². The Morgan fingerprint density at radius 3 is 1.94 bits per heavy atom. The number of rotatable bonds is 9. The first-order valence-corrected chi connectivity index (χ1v) is 11.0. The quantitative estimate of drug-likeness (QED) is 0.463. The van der Waals surface area contributed by atoms with Crippen LogP contribution in [0.3, 0.4) is 0 Å². The van der Waals surface area contributed by atoms with Crippen LogP contribution in [0.25, 0.3) is 0 Å². The van der Waals surface area contributed by atoms with E-state index in [1.54, 1.807) is 99.8 Å². The third-order valence-electron chi connectivity index (χ3n) is 5.14. The summed E-state index contributed by atoms with van der Waals surface area (Å²) in [5, 5.41) is 5.50. The summed E-state index contributed by atoms with van der Waals surface area (Å²) in [6.45, 7) is 3.57. The van der Waals surface area contributed by atoms with Crippen LogP contribution in [-0.4, -0.2) is 31.0 Å². The normalized spacial score (nSPS) is 12.4. The first-order chi connectivity index (χ1) is 16.4. The molecule has 0 radical (unpaired) electrons. The van der Waals surface area contributed by atoms with Crippen LogP contribution in [0.15, 0.2) is 84.9 Å². The molecular formula is C27H28N2O5. The lowest BCUT2D eigenvalue weighted by molar-refractivity contribution is -0.158. The number of hydrogen-bond acceptors (Lipinski definition) is 5. The summed E-state index contributed by atoms with van der Waals surface area (Å²) >= 11 is 0. The zero-order valence-corrected chi connectivity index (χ0v) is 19.4. The molecule has 0 saturated carbocycles. The molecule has 3 rings (SSSR count). The molecule has 0 bridgehead atoms. The average Bonchev–Trinajstić information content (AvgIpc) is 2.86. The molecule has 7 heteroatoms. The van der Waals surface area contributed by atoms with Gasteiger partial charge in [-0.2, -0.15) is 0 Å². The summed E-state index contributed by atoms with van der Waals surface area (Å²) < 4.78 is 10.8. The Kier molecular flexibility index (Phi) is 8.40. The number of carbonyl (C=O) groups is 3. The minimum Gasteiger partial charge on any atom is -0.497 e. The molecule has 0 saturated heterocycles. The monoisotopic (exact) mass is 460 g/mol.